The van der Waals surface area contributed by atoms with Crippen LogP contribution in [0.15, 0.2) is 12.2 Å². The van der Waals surface area contributed by atoms with Crippen molar-refractivity contribution in [3.63, 3.8) is 0 Å². The molecule has 0 bridgehead atoms. The number of ketones is 2. The molecule has 1 atom stereocenters. The first-order valence-corrected chi connectivity index (χ1v) is 6.59. The Morgan fingerprint density at radius 2 is 1.81 bits per heavy atom. The summed E-state index contributed by atoms with van der Waals surface area (Å²) in [5, 5.41) is 10.4. The first-order chi connectivity index (χ1) is 9.79. The van der Waals surface area contributed by atoms with E-state index in [0.717, 1.165) is 5.57 Å². The molecule has 0 radical (unpaired) electrons. The van der Waals surface area contributed by atoms with Crippen LogP contribution in [0.25, 0.3) is 0 Å². The van der Waals surface area contributed by atoms with Crippen LogP contribution in [0.4, 0.5) is 0 Å². The molecule has 0 aliphatic carbocycles. The lowest BCUT2D eigenvalue weighted by atomic mass is 9.94. The van der Waals surface area contributed by atoms with Crippen molar-refractivity contribution >= 4 is 11.6 Å². The van der Waals surface area contributed by atoms with Gasteiger partial charge in [-0.3, -0.25) is 9.59 Å². The third kappa shape index (κ3) is 2.28. The molecular formula is C16H18O5. The maximum absolute atomic E-state index is 12.0. The molecule has 1 aliphatic rings. The van der Waals surface area contributed by atoms with Crippen LogP contribution in [0.1, 0.15) is 47.1 Å². The minimum atomic E-state index is -0.367. The number of benzene rings is 1. The summed E-state index contributed by atoms with van der Waals surface area (Å²) in [6, 6.07) is 0. The summed E-state index contributed by atoms with van der Waals surface area (Å²) in [6.07, 6.45) is 0.0528. The van der Waals surface area contributed by atoms with Gasteiger partial charge in [-0.25, -0.2) is 0 Å². The van der Waals surface area contributed by atoms with Crippen molar-refractivity contribution in [2.24, 2.45) is 0 Å². The van der Waals surface area contributed by atoms with Crippen LogP contribution in [0.2, 0.25) is 0 Å². The summed E-state index contributed by atoms with van der Waals surface area (Å²) in [5.74, 6) is -0.479. The molecule has 1 heterocycles. The fourth-order valence-corrected chi connectivity index (χ4v) is 2.56. The number of ether oxygens (including phenoxy) is 2. The minimum Gasteiger partial charge on any atom is -0.507 e. The molecule has 1 aliphatic heterocycles. The van der Waals surface area contributed by atoms with Gasteiger partial charge in [0.25, 0.3) is 0 Å². The molecule has 0 saturated carbocycles. The molecule has 1 aromatic rings. The van der Waals surface area contributed by atoms with Gasteiger partial charge in [-0.05, 0) is 26.3 Å². The Hall–Kier alpha value is -2.30. The van der Waals surface area contributed by atoms with Gasteiger partial charge in [0, 0.05) is 12.0 Å². The van der Waals surface area contributed by atoms with Gasteiger partial charge in [0.1, 0.15) is 34.5 Å². The summed E-state index contributed by atoms with van der Waals surface area (Å²) in [5.41, 5.74) is 1.45. The Balaban J connectivity index is 2.80. The van der Waals surface area contributed by atoms with Crippen molar-refractivity contribution < 1.29 is 24.2 Å². The first-order valence-electron chi connectivity index (χ1n) is 6.59. The zero-order valence-electron chi connectivity index (χ0n) is 12.6. The van der Waals surface area contributed by atoms with E-state index in [-0.39, 0.29) is 46.0 Å². The lowest BCUT2D eigenvalue weighted by Gasteiger charge is -2.16. The van der Waals surface area contributed by atoms with Gasteiger partial charge in [-0.15, -0.1) is 0 Å². The topological polar surface area (TPSA) is 72.8 Å². The molecule has 0 saturated heterocycles. The smallest absolute Gasteiger partial charge is 0.167 e. The number of rotatable bonds is 4. The number of fused-ring (bicyclic) bond motifs is 1. The van der Waals surface area contributed by atoms with Gasteiger partial charge >= 0.3 is 0 Å². The number of carbonyl (C=O) groups excluding carboxylic acids is 2. The normalized spacial score (nSPS) is 16.1. The maximum Gasteiger partial charge on any atom is 0.167 e. The van der Waals surface area contributed by atoms with Gasteiger partial charge in [-0.2, -0.15) is 0 Å². The molecule has 21 heavy (non-hydrogen) atoms. The summed E-state index contributed by atoms with van der Waals surface area (Å²) in [7, 11) is 1.35. The predicted octanol–water partition coefficient (Wildman–Crippen LogP) is 2.69. The number of phenolic OH excluding ortho intramolecular Hbond substituents is 1. The van der Waals surface area contributed by atoms with Crippen molar-refractivity contribution in [1.29, 1.82) is 0 Å². The molecule has 2 rings (SSSR count). The highest BCUT2D eigenvalue weighted by Gasteiger charge is 2.36. The number of methoxy groups -OCH3 is 1. The van der Waals surface area contributed by atoms with E-state index >= 15 is 0 Å². The van der Waals surface area contributed by atoms with Crippen LogP contribution in [0.3, 0.4) is 0 Å². The van der Waals surface area contributed by atoms with Crippen molar-refractivity contribution in [3.05, 3.63) is 28.8 Å². The Labute approximate surface area is 123 Å². The van der Waals surface area contributed by atoms with Gasteiger partial charge in [0.05, 0.1) is 7.11 Å². The Bertz CT molecular complexity index is 657. The SMILES string of the molecule is C=C(C)C1Cc2c(O)c(C(C)=O)c(OC)c(C(C)=O)c2O1. The number of hydrogen-bond donors (Lipinski definition) is 1. The maximum atomic E-state index is 12.0. The van der Waals surface area contributed by atoms with Crippen LogP contribution in [-0.4, -0.2) is 29.9 Å². The van der Waals surface area contributed by atoms with Crippen LogP contribution in [0, 0.1) is 0 Å². The van der Waals surface area contributed by atoms with E-state index in [2.05, 4.69) is 6.58 Å². The second-order valence-corrected chi connectivity index (χ2v) is 5.21. The molecule has 0 aromatic heterocycles. The average Bonchev–Trinajstić information content (AvgIpc) is 2.82. The summed E-state index contributed by atoms with van der Waals surface area (Å²) < 4.78 is 10.9. The Morgan fingerprint density at radius 3 is 2.24 bits per heavy atom. The molecule has 1 N–H and O–H groups in total. The van der Waals surface area contributed by atoms with Crippen molar-refractivity contribution in [3.8, 4) is 17.2 Å². The molecule has 112 valence electrons. The van der Waals surface area contributed by atoms with Gasteiger partial charge < -0.3 is 14.6 Å². The summed E-state index contributed by atoms with van der Waals surface area (Å²) in [6.45, 7) is 8.34. The van der Waals surface area contributed by atoms with E-state index < -0.39 is 0 Å². The lowest BCUT2D eigenvalue weighted by Crippen LogP contribution is -2.14. The van der Waals surface area contributed by atoms with Gasteiger partial charge in [0.2, 0.25) is 0 Å². The second kappa shape index (κ2) is 5.24. The van der Waals surface area contributed by atoms with Crippen LogP contribution in [-0.2, 0) is 6.42 Å². The highest BCUT2D eigenvalue weighted by Crippen LogP contribution is 2.48. The number of Topliss-reactive ketones (excluding diaryl/α,β-unsaturated/α-hetero) is 2. The standard InChI is InChI=1S/C16H18O5/c1-7(2)11-6-10-14(19)12(8(3)17)16(20-5)13(9(4)18)15(10)21-11/h11,19H,1,6H2,2-5H3. The van der Waals surface area contributed by atoms with E-state index in [1.54, 1.807) is 0 Å². The highest BCUT2D eigenvalue weighted by atomic mass is 16.5. The fraction of sp³-hybridized carbons (Fsp3) is 0.375. The van der Waals surface area contributed by atoms with Crippen molar-refractivity contribution in [2.75, 3.05) is 7.11 Å². The largest absolute Gasteiger partial charge is 0.507 e. The Kier molecular flexibility index (Phi) is 3.77. The van der Waals surface area contributed by atoms with Crippen molar-refractivity contribution in [1.82, 2.24) is 0 Å². The Morgan fingerprint density at radius 1 is 1.24 bits per heavy atom. The van der Waals surface area contributed by atoms with Gasteiger partial charge in [0.15, 0.2) is 11.6 Å². The summed E-state index contributed by atoms with van der Waals surface area (Å²) in [4.78, 5) is 23.8. The lowest BCUT2D eigenvalue weighted by molar-refractivity contribution is 0.100. The number of hydrogen-bond acceptors (Lipinski definition) is 5. The molecule has 5 heteroatoms. The van der Waals surface area contributed by atoms with E-state index in [1.165, 1.54) is 21.0 Å². The number of aromatic hydroxyl groups is 1. The highest BCUT2D eigenvalue weighted by molar-refractivity contribution is 6.08. The van der Waals surface area contributed by atoms with Crippen LogP contribution >= 0.6 is 0 Å². The van der Waals surface area contributed by atoms with E-state index in [0.29, 0.717) is 12.0 Å². The van der Waals surface area contributed by atoms with E-state index in [9.17, 15) is 14.7 Å². The van der Waals surface area contributed by atoms with Crippen LogP contribution in [0.5, 0.6) is 17.2 Å². The van der Waals surface area contributed by atoms with Gasteiger partial charge in [-0.1, -0.05) is 6.58 Å². The number of carbonyl (C=O) groups is 2. The molecule has 5 nitrogen and oxygen atoms in total. The third-order valence-electron chi connectivity index (χ3n) is 3.59. The fourth-order valence-electron chi connectivity index (χ4n) is 2.56. The molecule has 0 amide bonds. The second-order valence-electron chi connectivity index (χ2n) is 5.21. The average molecular weight is 290 g/mol. The summed E-state index contributed by atoms with van der Waals surface area (Å²) >= 11 is 0. The third-order valence-corrected chi connectivity index (χ3v) is 3.59. The zero-order chi connectivity index (χ0) is 15.9. The number of phenols is 1. The molecular weight excluding hydrogens is 272 g/mol. The zero-order valence-corrected chi connectivity index (χ0v) is 12.6. The van der Waals surface area contributed by atoms with Crippen LogP contribution < -0.4 is 9.47 Å². The molecule has 0 fully saturated rings. The van der Waals surface area contributed by atoms with E-state index in [4.69, 9.17) is 9.47 Å². The van der Waals surface area contributed by atoms with E-state index in [1.807, 2.05) is 6.92 Å². The monoisotopic (exact) mass is 290 g/mol. The predicted molar refractivity (Wildman–Crippen MR) is 77.6 cm³/mol. The first kappa shape index (κ1) is 15.1. The molecule has 1 aromatic carbocycles. The quantitative estimate of drug-likeness (QED) is 0.681. The molecule has 1 unspecified atom stereocenters. The van der Waals surface area contributed by atoms with Crippen molar-refractivity contribution in [2.45, 2.75) is 33.3 Å². The minimum absolute atomic E-state index is 0.0208. The molecule has 0 spiro atoms.